The van der Waals surface area contributed by atoms with Gasteiger partial charge in [-0.25, -0.2) is 4.98 Å². The quantitative estimate of drug-likeness (QED) is 0.869. The number of nitrogens with zero attached hydrogens (tertiary/aromatic N) is 1. The smallest absolute Gasteiger partial charge is 0.128 e. The maximum absolute atomic E-state index is 5.95. The molecule has 0 aliphatic carbocycles. The number of halogens is 1. The van der Waals surface area contributed by atoms with Gasteiger partial charge >= 0.3 is 0 Å². The number of hydrogen-bond acceptors (Lipinski definition) is 3. The molecule has 0 bridgehead atoms. The molecular formula is C12H11ClN2O. The van der Waals surface area contributed by atoms with Gasteiger partial charge in [-0.2, -0.15) is 0 Å². The molecule has 2 rings (SSSR count). The highest BCUT2D eigenvalue weighted by Gasteiger charge is 2.07. The highest BCUT2D eigenvalue weighted by atomic mass is 35.5. The first-order valence-corrected chi connectivity index (χ1v) is 5.15. The zero-order valence-electron chi connectivity index (χ0n) is 8.77. The van der Waals surface area contributed by atoms with E-state index >= 15 is 0 Å². The number of rotatable bonds is 2. The molecule has 3 nitrogen and oxygen atoms in total. The molecule has 82 valence electrons. The minimum Gasteiger partial charge on any atom is -0.496 e. The van der Waals surface area contributed by atoms with Crippen LogP contribution in [0.4, 0.5) is 5.82 Å². The van der Waals surface area contributed by atoms with Crippen LogP contribution in [0.5, 0.6) is 5.75 Å². The summed E-state index contributed by atoms with van der Waals surface area (Å²) in [6, 6.07) is 10.8. The molecule has 0 fully saturated rings. The molecule has 0 saturated heterocycles. The lowest BCUT2D eigenvalue weighted by atomic mass is 10.1. The summed E-state index contributed by atoms with van der Waals surface area (Å²) in [6.07, 6.45) is 0. The number of hydrogen-bond donors (Lipinski definition) is 1. The molecule has 0 unspecified atom stereocenters. The molecule has 2 N–H and O–H groups in total. The fourth-order valence-corrected chi connectivity index (χ4v) is 1.65. The van der Waals surface area contributed by atoms with Crippen LogP contribution in [0.25, 0.3) is 11.3 Å². The Morgan fingerprint density at radius 3 is 2.75 bits per heavy atom. The summed E-state index contributed by atoms with van der Waals surface area (Å²) >= 11 is 5.95. The Balaban J connectivity index is 2.58. The lowest BCUT2D eigenvalue weighted by Crippen LogP contribution is -1.93. The molecule has 1 aromatic carbocycles. The number of nitrogen functional groups attached to an aromatic ring is 1. The van der Waals surface area contributed by atoms with Crippen molar-refractivity contribution < 1.29 is 4.74 Å². The van der Waals surface area contributed by atoms with E-state index in [4.69, 9.17) is 22.1 Å². The van der Waals surface area contributed by atoms with Crippen LogP contribution in [0.15, 0.2) is 36.4 Å². The van der Waals surface area contributed by atoms with Crippen LogP contribution in [-0.2, 0) is 0 Å². The van der Waals surface area contributed by atoms with Gasteiger partial charge in [-0.15, -0.1) is 0 Å². The van der Waals surface area contributed by atoms with E-state index in [1.54, 1.807) is 19.2 Å². The van der Waals surface area contributed by atoms with Crippen molar-refractivity contribution in [3.05, 3.63) is 41.4 Å². The highest BCUT2D eigenvalue weighted by Crippen LogP contribution is 2.31. The van der Waals surface area contributed by atoms with Gasteiger partial charge in [-0.1, -0.05) is 17.7 Å². The third-order valence-corrected chi connectivity index (χ3v) is 2.44. The fourth-order valence-electron chi connectivity index (χ4n) is 1.48. The minimum absolute atomic E-state index is 0.472. The van der Waals surface area contributed by atoms with E-state index in [9.17, 15) is 0 Å². The standard InChI is InChI=1S/C12H11ClN2O/c1-16-11-6-5-8(13)7-9(11)10-3-2-4-12(14)15-10/h2-7H,1H3,(H2,14,15). The highest BCUT2D eigenvalue weighted by molar-refractivity contribution is 6.30. The van der Waals surface area contributed by atoms with Gasteiger partial charge in [-0.3, -0.25) is 0 Å². The molecule has 0 saturated carbocycles. The van der Waals surface area contributed by atoms with Gasteiger partial charge in [0, 0.05) is 10.6 Å². The van der Waals surface area contributed by atoms with E-state index in [1.807, 2.05) is 24.3 Å². The van der Waals surface area contributed by atoms with Crippen molar-refractivity contribution in [2.24, 2.45) is 0 Å². The molecule has 1 heterocycles. The molecule has 0 aliphatic heterocycles. The van der Waals surface area contributed by atoms with Crippen molar-refractivity contribution >= 4 is 17.4 Å². The van der Waals surface area contributed by atoms with Gasteiger partial charge in [0.2, 0.25) is 0 Å². The second-order valence-corrected chi connectivity index (χ2v) is 3.73. The normalized spacial score (nSPS) is 10.1. The van der Waals surface area contributed by atoms with E-state index < -0.39 is 0 Å². The average molecular weight is 235 g/mol. The average Bonchev–Trinajstić information content (AvgIpc) is 2.29. The molecule has 0 aliphatic rings. The SMILES string of the molecule is COc1ccc(Cl)cc1-c1cccc(N)n1. The van der Waals surface area contributed by atoms with Gasteiger partial charge in [0.1, 0.15) is 11.6 Å². The predicted octanol–water partition coefficient (Wildman–Crippen LogP) is 2.99. The first-order chi connectivity index (χ1) is 7.70. The van der Waals surface area contributed by atoms with Crippen LogP contribution in [-0.4, -0.2) is 12.1 Å². The van der Waals surface area contributed by atoms with Gasteiger partial charge in [-0.05, 0) is 30.3 Å². The summed E-state index contributed by atoms with van der Waals surface area (Å²) in [5, 5.41) is 0.639. The molecule has 0 spiro atoms. The van der Waals surface area contributed by atoms with Crippen molar-refractivity contribution in [3.8, 4) is 17.0 Å². The summed E-state index contributed by atoms with van der Waals surface area (Å²) in [6.45, 7) is 0. The maximum Gasteiger partial charge on any atom is 0.128 e. The second-order valence-electron chi connectivity index (χ2n) is 3.29. The lowest BCUT2D eigenvalue weighted by Gasteiger charge is -2.08. The number of pyridine rings is 1. The van der Waals surface area contributed by atoms with Gasteiger partial charge in [0.25, 0.3) is 0 Å². The maximum atomic E-state index is 5.95. The molecular weight excluding hydrogens is 224 g/mol. The molecule has 0 radical (unpaired) electrons. The lowest BCUT2D eigenvalue weighted by molar-refractivity contribution is 0.416. The van der Waals surface area contributed by atoms with Crippen molar-refractivity contribution in [1.82, 2.24) is 4.98 Å². The Hall–Kier alpha value is -1.74. The van der Waals surface area contributed by atoms with Crippen LogP contribution in [0.2, 0.25) is 5.02 Å². The molecule has 4 heteroatoms. The number of anilines is 1. The topological polar surface area (TPSA) is 48.1 Å². The summed E-state index contributed by atoms with van der Waals surface area (Å²) < 4.78 is 5.26. The Bertz CT molecular complexity index is 514. The molecule has 0 atom stereocenters. The van der Waals surface area contributed by atoms with E-state index in [1.165, 1.54) is 0 Å². The third-order valence-electron chi connectivity index (χ3n) is 2.21. The van der Waals surface area contributed by atoms with E-state index in [0.717, 1.165) is 17.0 Å². The predicted molar refractivity (Wildman–Crippen MR) is 65.6 cm³/mol. The number of aromatic nitrogens is 1. The first-order valence-electron chi connectivity index (χ1n) is 4.77. The number of methoxy groups -OCH3 is 1. The summed E-state index contributed by atoms with van der Waals surface area (Å²) in [5.74, 6) is 1.20. The van der Waals surface area contributed by atoms with Crippen molar-refractivity contribution in [2.75, 3.05) is 12.8 Å². The van der Waals surface area contributed by atoms with Gasteiger partial charge in [0.15, 0.2) is 0 Å². The van der Waals surface area contributed by atoms with Crippen molar-refractivity contribution in [1.29, 1.82) is 0 Å². The largest absolute Gasteiger partial charge is 0.496 e. The third kappa shape index (κ3) is 2.09. The number of nitrogens with two attached hydrogens (primary N) is 1. The summed E-state index contributed by atoms with van der Waals surface area (Å²) in [5.41, 5.74) is 7.23. The van der Waals surface area contributed by atoms with Crippen LogP contribution >= 0.6 is 11.6 Å². The molecule has 0 amide bonds. The van der Waals surface area contributed by atoms with Gasteiger partial charge in [0.05, 0.1) is 12.8 Å². The Morgan fingerprint density at radius 2 is 2.06 bits per heavy atom. The first kappa shape index (κ1) is 10.8. The van der Waals surface area contributed by atoms with E-state index in [2.05, 4.69) is 4.98 Å². The Kier molecular flexibility index (Phi) is 2.97. The molecule has 16 heavy (non-hydrogen) atoms. The summed E-state index contributed by atoms with van der Waals surface area (Å²) in [4.78, 5) is 4.23. The summed E-state index contributed by atoms with van der Waals surface area (Å²) in [7, 11) is 1.61. The Labute approximate surface area is 98.8 Å². The van der Waals surface area contributed by atoms with Crippen molar-refractivity contribution in [2.45, 2.75) is 0 Å². The van der Waals surface area contributed by atoms with Crippen LogP contribution in [0, 0.1) is 0 Å². The Morgan fingerprint density at radius 1 is 1.25 bits per heavy atom. The van der Waals surface area contributed by atoms with E-state index in [-0.39, 0.29) is 0 Å². The fraction of sp³-hybridized carbons (Fsp3) is 0.0833. The molecule has 2 aromatic rings. The van der Waals surface area contributed by atoms with E-state index in [0.29, 0.717) is 10.8 Å². The van der Waals surface area contributed by atoms with Crippen LogP contribution in [0.3, 0.4) is 0 Å². The number of benzene rings is 1. The van der Waals surface area contributed by atoms with Crippen LogP contribution in [0.1, 0.15) is 0 Å². The van der Waals surface area contributed by atoms with Crippen molar-refractivity contribution in [3.63, 3.8) is 0 Å². The van der Waals surface area contributed by atoms with Gasteiger partial charge < -0.3 is 10.5 Å². The minimum atomic E-state index is 0.472. The second kappa shape index (κ2) is 4.41. The van der Waals surface area contributed by atoms with Crippen LogP contribution < -0.4 is 10.5 Å². The monoisotopic (exact) mass is 234 g/mol. The zero-order chi connectivity index (χ0) is 11.5. The molecule has 1 aromatic heterocycles. The number of ether oxygens (including phenoxy) is 1. The zero-order valence-corrected chi connectivity index (χ0v) is 9.53.